The molecule has 0 aliphatic rings. The third-order valence-electron chi connectivity index (χ3n) is 3.38. The van der Waals surface area contributed by atoms with Gasteiger partial charge >= 0.3 is 0 Å². The summed E-state index contributed by atoms with van der Waals surface area (Å²) in [6, 6.07) is 6.03. The normalized spacial score (nSPS) is 12.6. The number of ether oxygens (including phenoxy) is 2. The Labute approximate surface area is 110 Å². The van der Waals surface area contributed by atoms with Crippen molar-refractivity contribution < 1.29 is 9.47 Å². The summed E-state index contributed by atoms with van der Waals surface area (Å²) < 4.78 is 10.5. The van der Waals surface area contributed by atoms with Crippen molar-refractivity contribution in [2.75, 3.05) is 20.8 Å². The first-order valence-electron chi connectivity index (χ1n) is 6.50. The van der Waals surface area contributed by atoms with Crippen molar-refractivity contribution in [3.05, 3.63) is 23.8 Å². The number of nitrogens with one attached hydrogen (secondary N) is 1. The number of benzene rings is 1. The first-order valence-corrected chi connectivity index (χ1v) is 6.50. The Hall–Kier alpha value is -1.22. The summed E-state index contributed by atoms with van der Waals surface area (Å²) >= 11 is 0. The summed E-state index contributed by atoms with van der Waals surface area (Å²) in [6.07, 6.45) is 0. The van der Waals surface area contributed by atoms with Gasteiger partial charge in [-0.3, -0.25) is 0 Å². The van der Waals surface area contributed by atoms with Gasteiger partial charge < -0.3 is 14.8 Å². The van der Waals surface area contributed by atoms with Crippen LogP contribution in [0.5, 0.6) is 11.5 Å². The molecule has 0 fully saturated rings. The van der Waals surface area contributed by atoms with Crippen LogP contribution in [0.4, 0.5) is 0 Å². The van der Waals surface area contributed by atoms with Gasteiger partial charge in [-0.2, -0.15) is 0 Å². The zero-order chi connectivity index (χ0) is 13.5. The molecular formula is C15H25NO2. The molecule has 0 heterocycles. The average Bonchev–Trinajstić information content (AvgIpc) is 2.38. The zero-order valence-corrected chi connectivity index (χ0v) is 12.1. The molecule has 102 valence electrons. The molecule has 1 rings (SSSR count). The Kier molecular flexibility index (Phi) is 5.99. The summed E-state index contributed by atoms with van der Waals surface area (Å²) in [5.74, 6) is 2.96. The molecule has 0 saturated heterocycles. The van der Waals surface area contributed by atoms with Crippen LogP contribution in [0.25, 0.3) is 0 Å². The van der Waals surface area contributed by atoms with Gasteiger partial charge in [-0.25, -0.2) is 0 Å². The Balaban J connectivity index is 2.53. The number of methoxy groups -OCH3 is 2. The van der Waals surface area contributed by atoms with Crippen LogP contribution >= 0.6 is 0 Å². The van der Waals surface area contributed by atoms with Gasteiger partial charge in [0.2, 0.25) is 0 Å². The average molecular weight is 251 g/mol. The molecular weight excluding hydrogens is 226 g/mol. The van der Waals surface area contributed by atoms with Crippen molar-refractivity contribution in [3.8, 4) is 11.5 Å². The molecule has 0 aliphatic heterocycles. The lowest BCUT2D eigenvalue weighted by molar-refractivity contribution is 0.354. The summed E-state index contributed by atoms with van der Waals surface area (Å²) in [7, 11) is 3.32. The van der Waals surface area contributed by atoms with Crippen LogP contribution in [0.3, 0.4) is 0 Å². The smallest absolute Gasteiger partial charge is 0.161 e. The molecule has 0 amide bonds. The van der Waals surface area contributed by atoms with E-state index in [2.05, 4.69) is 32.2 Å². The van der Waals surface area contributed by atoms with Crippen LogP contribution in [0.2, 0.25) is 0 Å². The molecule has 0 radical (unpaired) electrons. The maximum Gasteiger partial charge on any atom is 0.161 e. The summed E-state index contributed by atoms with van der Waals surface area (Å²) in [6.45, 7) is 8.67. The van der Waals surface area contributed by atoms with Gasteiger partial charge in [0, 0.05) is 6.54 Å². The van der Waals surface area contributed by atoms with E-state index in [4.69, 9.17) is 9.47 Å². The van der Waals surface area contributed by atoms with Crippen LogP contribution in [-0.2, 0) is 6.54 Å². The predicted octanol–water partition coefficient (Wildman–Crippen LogP) is 3.09. The van der Waals surface area contributed by atoms with Gasteiger partial charge in [0.1, 0.15) is 0 Å². The SMILES string of the molecule is COc1ccc(CNCC(C)C(C)C)cc1OC. The molecule has 0 aliphatic carbocycles. The number of hydrogen-bond donors (Lipinski definition) is 1. The van der Waals surface area contributed by atoms with Gasteiger partial charge in [0.05, 0.1) is 14.2 Å². The van der Waals surface area contributed by atoms with E-state index in [-0.39, 0.29) is 0 Å². The van der Waals surface area contributed by atoms with E-state index in [0.717, 1.165) is 24.6 Å². The van der Waals surface area contributed by atoms with Gasteiger partial charge in [-0.15, -0.1) is 0 Å². The molecule has 1 aromatic rings. The van der Waals surface area contributed by atoms with Gasteiger partial charge in [-0.05, 0) is 36.1 Å². The Morgan fingerprint density at radius 1 is 1.06 bits per heavy atom. The Bertz CT molecular complexity index is 364. The van der Waals surface area contributed by atoms with E-state index in [1.54, 1.807) is 14.2 Å². The third-order valence-corrected chi connectivity index (χ3v) is 3.38. The lowest BCUT2D eigenvalue weighted by atomic mass is 9.98. The molecule has 3 nitrogen and oxygen atoms in total. The second-order valence-electron chi connectivity index (χ2n) is 5.04. The minimum absolute atomic E-state index is 0.685. The first kappa shape index (κ1) is 14.8. The first-order chi connectivity index (χ1) is 8.58. The zero-order valence-electron chi connectivity index (χ0n) is 12.1. The maximum absolute atomic E-state index is 5.29. The molecule has 1 atom stereocenters. The van der Waals surface area contributed by atoms with E-state index < -0.39 is 0 Å². The second-order valence-corrected chi connectivity index (χ2v) is 5.04. The highest BCUT2D eigenvalue weighted by molar-refractivity contribution is 5.42. The minimum atomic E-state index is 0.685. The van der Waals surface area contributed by atoms with Crippen molar-refractivity contribution >= 4 is 0 Å². The van der Waals surface area contributed by atoms with Crippen molar-refractivity contribution in [1.29, 1.82) is 0 Å². The summed E-state index contributed by atoms with van der Waals surface area (Å²) in [4.78, 5) is 0. The van der Waals surface area contributed by atoms with E-state index in [1.807, 2.05) is 12.1 Å². The van der Waals surface area contributed by atoms with Crippen LogP contribution < -0.4 is 14.8 Å². The van der Waals surface area contributed by atoms with E-state index in [0.29, 0.717) is 11.8 Å². The predicted molar refractivity (Wildman–Crippen MR) is 75.3 cm³/mol. The molecule has 1 unspecified atom stereocenters. The van der Waals surface area contributed by atoms with Crippen molar-refractivity contribution in [2.24, 2.45) is 11.8 Å². The second kappa shape index (κ2) is 7.27. The highest BCUT2D eigenvalue weighted by Gasteiger charge is 2.07. The lowest BCUT2D eigenvalue weighted by Gasteiger charge is -2.16. The Morgan fingerprint density at radius 2 is 1.72 bits per heavy atom. The Morgan fingerprint density at radius 3 is 2.28 bits per heavy atom. The van der Waals surface area contributed by atoms with Crippen molar-refractivity contribution in [2.45, 2.75) is 27.3 Å². The number of hydrogen-bond acceptors (Lipinski definition) is 3. The molecule has 1 N–H and O–H groups in total. The maximum atomic E-state index is 5.29. The van der Waals surface area contributed by atoms with E-state index in [1.165, 1.54) is 5.56 Å². The van der Waals surface area contributed by atoms with Gasteiger partial charge in [0.15, 0.2) is 11.5 Å². The van der Waals surface area contributed by atoms with Crippen LogP contribution in [0.1, 0.15) is 26.3 Å². The lowest BCUT2D eigenvalue weighted by Crippen LogP contribution is -2.23. The molecule has 0 aromatic heterocycles. The molecule has 1 aromatic carbocycles. The van der Waals surface area contributed by atoms with Crippen LogP contribution in [0.15, 0.2) is 18.2 Å². The third kappa shape index (κ3) is 4.22. The molecule has 3 heteroatoms. The van der Waals surface area contributed by atoms with Gasteiger partial charge in [0.25, 0.3) is 0 Å². The number of rotatable bonds is 7. The fourth-order valence-corrected chi connectivity index (χ4v) is 1.67. The van der Waals surface area contributed by atoms with Crippen LogP contribution in [0, 0.1) is 11.8 Å². The largest absolute Gasteiger partial charge is 0.493 e. The van der Waals surface area contributed by atoms with E-state index in [9.17, 15) is 0 Å². The van der Waals surface area contributed by atoms with Gasteiger partial charge in [-0.1, -0.05) is 26.8 Å². The molecule has 18 heavy (non-hydrogen) atoms. The quantitative estimate of drug-likeness (QED) is 0.808. The van der Waals surface area contributed by atoms with Crippen molar-refractivity contribution in [3.63, 3.8) is 0 Å². The molecule has 0 bridgehead atoms. The standard InChI is InChI=1S/C15H25NO2/c1-11(2)12(3)9-16-10-13-6-7-14(17-4)15(8-13)18-5/h6-8,11-12,16H,9-10H2,1-5H3. The highest BCUT2D eigenvalue weighted by Crippen LogP contribution is 2.27. The topological polar surface area (TPSA) is 30.5 Å². The molecule has 0 saturated carbocycles. The van der Waals surface area contributed by atoms with E-state index >= 15 is 0 Å². The highest BCUT2D eigenvalue weighted by atomic mass is 16.5. The fraction of sp³-hybridized carbons (Fsp3) is 0.600. The molecule has 0 spiro atoms. The summed E-state index contributed by atoms with van der Waals surface area (Å²) in [5.41, 5.74) is 1.21. The fourth-order valence-electron chi connectivity index (χ4n) is 1.67. The monoisotopic (exact) mass is 251 g/mol. The van der Waals surface area contributed by atoms with Crippen LogP contribution in [-0.4, -0.2) is 20.8 Å². The minimum Gasteiger partial charge on any atom is -0.493 e. The summed E-state index contributed by atoms with van der Waals surface area (Å²) in [5, 5.41) is 3.48. The van der Waals surface area contributed by atoms with Crippen molar-refractivity contribution in [1.82, 2.24) is 5.32 Å².